The zero-order valence-corrected chi connectivity index (χ0v) is 22.5. The second kappa shape index (κ2) is 15.7. The molecule has 1 aromatic rings. The number of nitrogens with zero attached hydrogens (tertiary/aromatic N) is 1. The van der Waals surface area contributed by atoms with Gasteiger partial charge in [0.15, 0.2) is 5.96 Å². The van der Waals surface area contributed by atoms with Crippen LogP contribution in [0.1, 0.15) is 59.9 Å². The van der Waals surface area contributed by atoms with Gasteiger partial charge in [0.2, 0.25) is 5.91 Å². The molecule has 0 aliphatic heterocycles. The predicted molar refractivity (Wildman–Crippen MR) is 142 cm³/mol. The third kappa shape index (κ3) is 13.4. The van der Waals surface area contributed by atoms with Crippen LogP contribution >= 0.6 is 24.0 Å². The predicted octanol–water partition coefficient (Wildman–Crippen LogP) is 4.26. The Hall–Kier alpha value is -2.04. The number of ether oxygens (including phenoxy) is 1. The van der Waals surface area contributed by atoms with Gasteiger partial charge in [-0.15, -0.1) is 24.0 Å². The van der Waals surface area contributed by atoms with E-state index in [0.717, 1.165) is 30.6 Å². The minimum atomic E-state index is -0.498. The molecule has 1 unspecified atom stereocenters. The molecule has 32 heavy (non-hydrogen) atoms. The molecule has 9 heteroatoms. The van der Waals surface area contributed by atoms with Crippen molar-refractivity contribution >= 4 is 47.6 Å². The molecule has 0 saturated heterocycles. The van der Waals surface area contributed by atoms with Gasteiger partial charge < -0.3 is 26.0 Å². The fraction of sp³-hybridized carbons (Fsp3) is 0.609. The van der Waals surface area contributed by atoms with Gasteiger partial charge in [0.1, 0.15) is 5.60 Å². The monoisotopic (exact) mass is 561 g/mol. The number of benzene rings is 1. The molecule has 0 bridgehead atoms. The second-order valence-electron chi connectivity index (χ2n) is 8.40. The zero-order chi connectivity index (χ0) is 23.3. The molecule has 1 aromatic carbocycles. The molecule has 0 aliphatic carbocycles. The van der Waals surface area contributed by atoms with E-state index in [-0.39, 0.29) is 35.8 Å². The Labute approximate surface area is 209 Å². The number of carbonyl (C=O) groups excluding carboxylic acids is 2. The second-order valence-corrected chi connectivity index (χ2v) is 8.40. The summed E-state index contributed by atoms with van der Waals surface area (Å²) in [6.45, 7) is 13.8. The van der Waals surface area contributed by atoms with Crippen LogP contribution in [0.4, 0.5) is 10.5 Å². The number of aliphatic imine (C=N–C) groups is 1. The summed E-state index contributed by atoms with van der Waals surface area (Å²) < 4.78 is 5.21. The number of guanidine groups is 1. The zero-order valence-electron chi connectivity index (χ0n) is 20.2. The highest BCUT2D eigenvalue weighted by molar-refractivity contribution is 14.0. The van der Waals surface area contributed by atoms with Crippen molar-refractivity contribution in [3.05, 3.63) is 29.8 Å². The van der Waals surface area contributed by atoms with Crippen LogP contribution in [-0.4, -0.2) is 43.2 Å². The lowest BCUT2D eigenvalue weighted by Gasteiger charge is -2.19. The summed E-state index contributed by atoms with van der Waals surface area (Å²) in [6.07, 6.45) is 1.13. The Kier molecular flexibility index (Phi) is 14.7. The van der Waals surface area contributed by atoms with E-state index in [1.807, 2.05) is 65.8 Å². The number of hydrogen-bond donors (Lipinski definition) is 4. The van der Waals surface area contributed by atoms with Gasteiger partial charge >= 0.3 is 6.09 Å². The first-order valence-corrected chi connectivity index (χ1v) is 11.0. The summed E-state index contributed by atoms with van der Waals surface area (Å²) in [5, 5.41) is 12.2. The first-order chi connectivity index (χ1) is 14.6. The summed E-state index contributed by atoms with van der Waals surface area (Å²) in [5.74, 6) is 0.711. The standard InChI is InChI=1S/C23H39N5O3.HI/c1-7-17(3)20(29)28-19-12-9-11-18(15-19)16-27-21(24-8-2)25-13-10-14-26-22(30)31-23(4,5)6;/h9,11-12,15,17H,7-8,10,13-14,16H2,1-6H3,(H,26,30)(H,28,29)(H2,24,25,27);1H. The van der Waals surface area contributed by atoms with Crippen LogP contribution in [0.3, 0.4) is 0 Å². The molecule has 0 heterocycles. The number of nitrogens with one attached hydrogen (secondary N) is 4. The van der Waals surface area contributed by atoms with Crippen molar-refractivity contribution in [1.82, 2.24) is 16.0 Å². The van der Waals surface area contributed by atoms with Crippen molar-refractivity contribution in [1.29, 1.82) is 0 Å². The van der Waals surface area contributed by atoms with Gasteiger partial charge in [-0.25, -0.2) is 9.79 Å². The third-order valence-corrected chi connectivity index (χ3v) is 4.33. The van der Waals surface area contributed by atoms with Crippen LogP contribution in [0.5, 0.6) is 0 Å². The highest BCUT2D eigenvalue weighted by Gasteiger charge is 2.15. The number of alkyl carbamates (subject to hydrolysis) is 1. The highest BCUT2D eigenvalue weighted by atomic mass is 127. The Morgan fingerprint density at radius 3 is 2.41 bits per heavy atom. The third-order valence-electron chi connectivity index (χ3n) is 4.33. The Morgan fingerprint density at radius 2 is 1.78 bits per heavy atom. The lowest BCUT2D eigenvalue weighted by atomic mass is 10.1. The van der Waals surface area contributed by atoms with Crippen LogP contribution in [0, 0.1) is 5.92 Å². The van der Waals surface area contributed by atoms with Crippen LogP contribution < -0.4 is 21.3 Å². The Bertz CT molecular complexity index is 735. The first kappa shape index (κ1) is 30.0. The Morgan fingerprint density at radius 1 is 1.09 bits per heavy atom. The molecule has 8 nitrogen and oxygen atoms in total. The molecule has 182 valence electrons. The van der Waals surface area contributed by atoms with Crippen LogP contribution in [0.2, 0.25) is 0 Å². The molecule has 0 spiro atoms. The van der Waals surface area contributed by atoms with E-state index < -0.39 is 11.7 Å². The van der Waals surface area contributed by atoms with E-state index in [2.05, 4.69) is 26.3 Å². The van der Waals surface area contributed by atoms with Crippen LogP contribution in [-0.2, 0) is 16.1 Å². The van der Waals surface area contributed by atoms with Gasteiger partial charge in [-0.3, -0.25) is 4.79 Å². The molecule has 1 rings (SSSR count). The Balaban J connectivity index is 0.00000961. The van der Waals surface area contributed by atoms with Crippen LogP contribution in [0.25, 0.3) is 0 Å². The van der Waals surface area contributed by atoms with Crippen molar-refractivity contribution in [2.24, 2.45) is 10.9 Å². The first-order valence-electron chi connectivity index (χ1n) is 11.0. The minimum Gasteiger partial charge on any atom is -0.444 e. The van der Waals surface area contributed by atoms with Crippen molar-refractivity contribution < 1.29 is 14.3 Å². The van der Waals surface area contributed by atoms with Crippen molar-refractivity contribution in [2.45, 2.75) is 66.5 Å². The molecule has 4 N–H and O–H groups in total. The van der Waals surface area contributed by atoms with Crippen molar-refractivity contribution in [3.8, 4) is 0 Å². The van der Waals surface area contributed by atoms with E-state index in [1.165, 1.54) is 0 Å². The maximum absolute atomic E-state index is 12.1. The van der Waals surface area contributed by atoms with Crippen molar-refractivity contribution in [3.63, 3.8) is 0 Å². The number of rotatable bonds is 10. The summed E-state index contributed by atoms with van der Waals surface area (Å²) in [4.78, 5) is 28.4. The van der Waals surface area contributed by atoms with Gasteiger partial charge in [0.05, 0.1) is 6.54 Å². The fourth-order valence-corrected chi connectivity index (χ4v) is 2.51. The molecule has 0 radical (unpaired) electrons. The molecule has 0 fully saturated rings. The van der Waals surface area contributed by atoms with Gasteiger partial charge in [-0.1, -0.05) is 26.0 Å². The maximum atomic E-state index is 12.1. The normalized spacial score (nSPS) is 12.2. The van der Waals surface area contributed by atoms with Gasteiger partial charge in [-0.05, 0) is 58.2 Å². The molecule has 1 atom stereocenters. The van der Waals surface area contributed by atoms with E-state index in [9.17, 15) is 9.59 Å². The lowest BCUT2D eigenvalue weighted by Crippen LogP contribution is -2.39. The van der Waals surface area contributed by atoms with Gasteiger partial charge in [0, 0.05) is 31.2 Å². The summed E-state index contributed by atoms with van der Waals surface area (Å²) in [5.41, 5.74) is 1.29. The smallest absolute Gasteiger partial charge is 0.407 e. The summed E-state index contributed by atoms with van der Waals surface area (Å²) in [6, 6.07) is 7.73. The molecule has 0 saturated carbocycles. The number of hydrogen-bond acceptors (Lipinski definition) is 4. The van der Waals surface area contributed by atoms with Crippen LogP contribution in [0.15, 0.2) is 29.3 Å². The topological polar surface area (TPSA) is 104 Å². The quantitative estimate of drug-likeness (QED) is 0.148. The highest BCUT2D eigenvalue weighted by Crippen LogP contribution is 2.14. The summed E-state index contributed by atoms with van der Waals surface area (Å²) >= 11 is 0. The minimum absolute atomic E-state index is 0. The van der Waals surface area contributed by atoms with E-state index >= 15 is 0 Å². The van der Waals surface area contributed by atoms with Crippen molar-refractivity contribution in [2.75, 3.05) is 25.0 Å². The SMILES string of the molecule is CCNC(=NCc1cccc(NC(=O)C(C)CC)c1)NCCCNC(=O)OC(C)(C)C.I. The average molecular weight is 562 g/mol. The largest absolute Gasteiger partial charge is 0.444 e. The molecular weight excluding hydrogens is 521 g/mol. The van der Waals surface area contributed by atoms with E-state index in [0.29, 0.717) is 25.6 Å². The number of halogens is 1. The molecular formula is C23H40IN5O3. The molecule has 0 aromatic heterocycles. The van der Waals surface area contributed by atoms with Gasteiger partial charge in [0.25, 0.3) is 0 Å². The number of amides is 2. The molecule has 0 aliphatic rings. The average Bonchev–Trinajstić information content (AvgIpc) is 2.70. The number of carbonyl (C=O) groups is 2. The van der Waals surface area contributed by atoms with Gasteiger partial charge in [-0.2, -0.15) is 0 Å². The fourth-order valence-electron chi connectivity index (χ4n) is 2.51. The summed E-state index contributed by atoms with van der Waals surface area (Å²) in [7, 11) is 0. The number of anilines is 1. The lowest BCUT2D eigenvalue weighted by molar-refractivity contribution is -0.119. The van der Waals surface area contributed by atoms with E-state index in [4.69, 9.17) is 4.74 Å². The van der Waals surface area contributed by atoms with E-state index in [1.54, 1.807) is 0 Å². The molecule has 2 amide bonds. The maximum Gasteiger partial charge on any atom is 0.407 e.